The molecule has 0 saturated carbocycles. The molecule has 0 aliphatic heterocycles. The Kier molecular flexibility index (Phi) is 7.34. The van der Waals surface area contributed by atoms with Crippen molar-refractivity contribution in [1.82, 2.24) is 5.32 Å². The number of methoxy groups -OCH3 is 1. The topological polar surface area (TPSA) is 64.3 Å². The number of nitrogens with two attached hydrogens (primary N) is 1. The number of ether oxygens (including phenoxy) is 1. The third kappa shape index (κ3) is 7.33. The Hall–Kier alpha value is -0.610. The standard InChI is InChI=1S/C11H24N2O2/c1-8(2)5-6-9(3)13-10(7-15-4)11(12)14/h8-10,13H,5-7H2,1-4H3,(H2,12,14). The van der Waals surface area contributed by atoms with E-state index in [1.807, 2.05) is 0 Å². The summed E-state index contributed by atoms with van der Waals surface area (Å²) in [6.45, 7) is 6.77. The first-order valence-corrected chi connectivity index (χ1v) is 5.51. The first-order valence-electron chi connectivity index (χ1n) is 5.51. The molecule has 0 aromatic carbocycles. The lowest BCUT2D eigenvalue weighted by Gasteiger charge is -2.20. The minimum atomic E-state index is -0.378. The summed E-state index contributed by atoms with van der Waals surface area (Å²) < 4.78 is 4.93. The number of hydrogen-bond donors (Lipinski definition) is 2. The van der Waals surface area contributed by atoms with Crippen LogP contribution in [0.2, 0.25) is 0 Å². The summed E-state index contributed by atoms with van der Waals surface area (Å²) in [5.41, 5.74) is 5.25. The zero-order valence-corrected chi connectivity index (χ0v) is 10.2. The van der Waals surface area contributed by atoms with Crippen LogP contribution in [0, 0.1) is 5.92 Å². The van der Waals surface area contributed by atoms with Gasteiger partial charge < -0.3 is 15.8 Å². The molecular formula is C11H24N2O2. The van der Waals surface area contributed by atoms with Gasteiger partial charge >= 0.3 is 0 Å². The van der Waals surface area contributed by atoms with Crippen molar-refractivity contribution in [3.05, 3.63) is 0 Å². The second-order valence-corrected chi connectivity index (χ2v) is 4.45. The summed E-state index contributed by atoms with van der Waals surface area (Å²) >= 11 is 0. The summed E-state index contributed by atoms with van der Waals surface area (Å²) in [6, 6.07) is -0.0859. The fourth-order valence-corrected chi connectivity index (χ4v) is 1.39. The Balaban J connectivity index is 3.88. The maximum Gasteiger partial charge on any atom is 0.236 e. The van der Waals surface area contributed by atoms with Gasteiger partial charge in [0.1, 0.15) is 6.04 Å². The zero-order chi connectivity index (χ0) is 11.8. The molecule has 0 saturated heterocycles. The molecule has 4 nitrogen and oxygen atoms in total. The smallest absolute Gasteiger partial charge is 0.236 e. The van der Waals surface area contributed by atoms with Crippen molar-refractivity contribution in [2.75, 3.05) is 13.7 Å². The second-order valence-electron chi connectivity index (χ2n) is 4.45. The highest BCUT2D eigenvalue weighted by molar-refractivity contribution is 5.80. The van der Waals surface area contributed by atoms with Gasteiger partial charge in [0.15, 0.2) is 0 Å². The van der Waals surface area contributed by atoms with Crippen LogP contribution in [0.1, 0.15) is 33.6 Å². The summed E-state index contributed by atoms with van der Waals surface area (Å²) in [5.74, 6) is 0.331. The number of primary amides is 1. The van der Waals surface area contributed by atoms with Gasteiger partial charge in [-0.05, 0) is 25.7 Å². The maximum atomic E-state index is 11.0. The number of hydrogen-bond acceptors (Lipinski definition) is 3. The molecule has 0 fully saturated rings. The molecule has 15 heavy (non-hydrogen) atoms. The first-order chi connectivity index (χ1) is 6.97. The van der Waals surface area contributed by atoms with Crippen LogP contribution in [0.3, 0.4) is 0 Å². The van der Waals surface area contributed by atoms with Crippen molar-refractivity contribution in [1.29, 1.82) is 0 Å². The van der Waals surface area contributed by atoms with Gasteiger partial charge in [-0.25, -0.2) is 0 Å². The number of carbonyl (C=O) groups excluding carboxylic acids is 1. The maximum absolute atomic E-state index is 11.0. The molecule has 0 radical (unpaired) electrons. The lowest BCUT2D eigenvalue weighted by atomic mass is 10.0. The molecule has 3 N–H and O–H groups in total. The SMILES string of the molecule is COCC(NC(C)CCC(C)C)C(N)=O. The third-order valence-corrected chi connectivity index (χ3v) is 2.34. The molecule has 0 aromatic rings. The average molecular weight is 216 g/mol. The summed E-state index contributed by atoms with van der Waals surface area (Å²) in [7, 11) is 1.57. The molecule has 1 amide bonds. The van der Waals surface area contributed by atoms with E-state index < -0.39 is 0 Å². The minimum absolute atomic E-state index is 0.292. The monoisotopic (exact) mass is 216 g/mol. The molecule has 4 heteroatoms. The lowest BCUT2D eigenvalue weighted by Crippen LogP contribution is -2.48. The van der Waals surface area contributed by atoms with Gasteiger partial charge in [-0.15, -0.1) is 0 Å². The highest BCUT2D eigenvalue weighted by atomic mass is 16.5. The van der Waals surface area contributed by atoms with Gasteiger partial charge in [0.2, 0.25) is 5.91 Å². The summed E-state index contributed by atoms with van der Waals surface area (Å²) in [5, 5.41) is 3.17. The van der Waals surface area contributed by atoms with Crippen LogP contribution in [-0.4, -0.2) is 31.7 Å². The molecule has 0 aliphatic carbocycles. The van der Waals surface area contributed by atoms with Crippen molar-refractivity contribution in [3.8, 4) is 0 Å². The minimum Gasteiger partial charge on any atom is -0.383 e. The highest BCUT2D eigenvalue weighted by Gasteiger charge is 2.17. The van der Waals surface area contributed by atoms with Crippen LogP contribution in [-0.2, 0) is 9.53 Å². The summed E-state index contributed by atoms with van der Waals surface area (Å²) in [4.78, 5) is 11.0. The number of carbonyl (C=O) groups is 1. The first kappa shape index (κ1) is 14.4. The van der Waals surface area contributed by atoms with Gasteiger partial charge in [-0.1, -0.05) is 13.8 Å². The molecule has 90 valence electrons. The van der Waals surface area contributed by atoms with E-state index in [-0.39, 0.29) is 11.9 Å². The van der Waals surface area contributed by atoms with Crippen molar-refractivity contribution in [3.63, 3.8) is 0 Å². The molecule has 0 heterocycles. The molecule has 0 rings (SSSR count). The average Bonchev–Trinajstić information content (AvgIpc) is 2.14. The predicted octanol–water partition coefficient (Wildman–Crippen LogP) is 0.901. The number of rotatable bonds is 8. The van der Waals surface area contributed by atoms with Gasteiger partial charge in [0.05, 0.1) is 6.61 Å². The predicted molar refractivity (Wildman–Crippen MR) is 61.5 cm³/mol. The molecule has 0 bridgehead atoms. The summed E-state index contributed by atoms with van der Waals surface area (Å²) in [6.07, 6.45) is 2.19. The van der Waals surface area contributed by atoms with Crippen LogP contribution in [0.5, 0.6) is 0 Å². The van der Waals surface area contributed by atoms with Gasteiger partial charge in [0, 0.05) is 13.2 Å². The van der Waals surface area contributed by atoms with Gasteiger partial charge in [0.25, 0.3) is 0 Å². The van der Waals surface area contributed by atoms with E-state index in [2.05, 4.69) is 26.1 Å². The van der Waals surface area contributed by atoms with E-state index in [9.17, 15) is 4.79 Å². The van der Waals surface area contributed by atoms with Crippen molar-refractivity contribution < 1.29 is 9.53 Å². The third-order valence-electron chi connectivity index (χ3n) is 2.34. The Morgan fingerprint density at radius 2 is 1.93 bits per heavy atom. The van der Waals surface area contributed by atoms with E-state index in [0.717, 1.165) is 12.8 Å². The van der Waals surface area contributed by atoms with Crippen LogP contribution in [0.4, 0.5) is 0 Å². The highest BCUT2D eigenvalue weighted by Crippen LogP contribution is 2.06. The molecule has 2 unspecified atom stereocenters. The van der Waals surface area contributed by atoms with Crippen molar-refractivity contribution in [2.24, 2.45) is 11.7 Å². The lowest BCUT2D eigenvalue weighted by molar-refractivity contribution is -0.121. The number of amides is 1. The molecule has 0 aliphatic rings. The van der Waals surface area contributed by atoms with Crippen LogP contribution in [0.15, 0.2) is 0 Å². The molecule has 0 aromatic heterocycles. The van der Waals surface area contributed by atoms with Crippen LogP contribution >= 0.6 is 0 Å². The largest absolute Gasteiger partial charge is 0.383 e. The fraction of sp³-hybridized carbons (Fsp3) is 0.909. The number of nitrogens with one attached hydrogen (secondary N) is 1. The zero-order valence-electron chi connectivity index (χ0n) is 10.2. The van der Waals surface area contributed by atoms with Gasteiger partial charge in [-0.3, -0.25) is 4.79 Å². The normalized spacial score (nSPS) is 15.3. The fourth-order valence-electron chi connectivity index (χ4n) is 1.39. The van der Waals surface area contributed by atoms with E-state index in [0.29, 0.717) is 18.6 Å². The van der Waals surface area contributed by atoms with E-state index in [1.54, 1.807) is 7.11 Å². The van der Waals surface area contributed by atoms with E-state index in [4.69, 9.17) is 10.5 Å². The van der Waals surface area contributed by atoms with Crippen LogP contribution in [0.25, 0.3) is 0 Å². The molecule has 2 atom stereocenters. The Bertz CT molecular complexity index is 183. The molecular weight excluding hydrogens is 192 g/mol. The van der Waals surface area contributed by atoms with Gasteiger partial charge in [-0.2, -0.15) is 0 Å². The Morgan fingerprint density at radius 3 is 2.33 bits per heavy atom. The Morgan fingerprint density at radius 1 is 1.33 bits per heavy atom. The van der Waals surface area contributed by atoms with Crippen molar-refractivity contribution >= 4 is 5.91 Å². The van der Waals surface area contributed by atoms with E-state index in [1.165, 1.54) is 0 Å². The van der Waals surface area contributed by atoms with E-state index >= 15 is 0 Å². The van der Waals surface area contributed by atoms with Crippen LogP contribution < -0.4 is 11.1 Å². The molecule has 0 spiro atoms. The Labute approximate surface area is 92.6 Å². The van der Waals surface area contributed by atoms with Crippen molar-refractivity contribution in [2.45, 2.75) is 45.7 Å². The quantitative estimate of drug-likeness (QED) is 0.633. The second kappa shape index (κ2) is 7.65.